The molecule has 4 nitrogen and oxygen atoms in total. The first-order valence-electron chi connectivity index (χ1n) is 7.36. The van der Waals surface area contributed by atoms with Gasteiger partial charge in [-0.2, -0.15) is 0 Å². The second kappa shape index (κ2) is 8.59. The van der Waals surface area contributed by atoms with Gasteiger partial charge in [0.25, 0.3) is 5.91 Å². The number of amides is 1. The zero-order valence-corrected chi connectivity index (χ0v) is 12.7. The molecule has 0 aliphatic heterocycles. The van der Waals surface area contributed by atoms with Gasteiger partial charge in [0.15, 0.2) is 0 Å². The summed E-state index contributed by atoms with van der Waals surface area (Å²) in [6.07, 6.45) is 2.25. The molecule has 2 N–H and O–H groups in total. The summed E-state index contributed by atoms with van der Waals surface area (Å²) in [7, 11) is 2.04. The fourth-order valence-corrected chi connectivity index (χ4v) is 2.08. The van der Waals surface area contributed by atoms with Gasteiger partial charge in [0.2, 0.25) is 0 Å². The Hall–Kier alpha value is -1.55. The van der Waals surface area contributed by atoms with E-state index in [0.717, 1.165) is 25.1 Å². The molecule has 1 unspecified atom stereocenters. The van der Waals surface area contributed by atoms with Crippen molar-refractivity contribution in [2.45, 2.75) is 39.2 Å². The Morgan fingerprint density at radius 3 is 2.45 bits per heavy atom. The van der Waals surface area contributed by atoms with Crippen molar-refractivity contribution >= 4 is 11.6 Å². The molecule has 1 aromatic carbocycles. The molecule has 0 heterocycles. The summed E-state index contributed by atoms with van der Waals surface area (Å²) in [4.78, 5) is 14.1. The summed E-state index contributed by atoms with van der Waals surface area (Å²) in [5.41, 5.74) is 1.73. The molecule has 112 valence electrons. The van der Waals surface area contributed by atoms with Gasteiger partial charge in [0.05, 0.1) is 6.10 Å². The van der Waals surface area contributed by atoms with Gasteiger partial charge in [0.1, 0.15) is 0 Å². The first-order valence-corrected chi connectivity index (χ1v) is 7.36. The van der Waals surface area contributed by atoms with Gasteiger partial charge in [-0.05, 0) is 37.1 Å². The van der Waals surface area contributed by atoms with Crippen LogP contribution in [0.2, 0.25) is 0 Å². The van der Waals surface area contributed by atoms with E-state index in [1.54, 1.807) is 0 Å². The van der Waals surface area contributed by atoms with Crippen LogP contribution in [0.15, 0.2) is 24.3 Å². The van der Waals surface area contributed by atoms with E-state index in [4.69, 9.17) is 0 Å². The summed E-state index contributed by atoms with van der Waals surface area (Å²) < 4.78 is 0. The van der Waals surface area contributed by atoms with Gasteiger partial charge in [-0.3, -0.25) is 4.79 Å². The monoisotopic (exact) mass is 278 g/mol. The number of carbonyl (C=O) groups excluding carboxylic acids is 1. The molecule has 0 aliphatic rings. The van der Waals surface area contributed by atoms with Crippen molar-refractivity contribution in [2.75, 3.05) is 25.0 Å². The van der Waals surface area contributed by atoms with Crippen LogP contribution in [0, 0.1) is 0 Å². The molecule has 0 spiro atoms. The van der Waals surface area contributed by atoms with E-state index in [1.165, 1.54) is 0 Å². The van der Waals surface area contributed by atoms with E-state index < -0.39 is 6.10 Å². The average molecular weight is 278 g/mol. The Morgan fingerprint density at radius 1 is 1.25 bits per heavy atom. The summed E-state index contributed by atoms with van der Waals surface area (Å²) >= 11 is 0. The zero-order chi connectivity index (χ0) is 15.0. The van der Waals surface area contributed by atoms with Crippen LogP contribution in [-0.2, 0) is 0 Å². The lowest BCUT2D eigenvalue weighted by atomic mass is 10.1. The van der Waals surface area contributed by atoms with Crippen LogP contribution in [0.25, 0.3) is 0 Å². The summed E-state index contributed by atoms with van der Waals surface area (Å²) in [6.45, 7) is 5.45. The third-order valence-corrected chi connectivity index (χ3v) is 3.25. The molecule has 0 bridgehead atoms. The molecule has 1 rings (SSSR count). The number of hydrogen-bond donors (Lipinski definition) is 2. The number of hydrogen-bond acceptors (Lipinski definition) is 3. The van der Waals surface area contributed by atoms with E-state index in [2.05, 4.69) is 17.1 Å². The van der Waals surface area contributed by atoms with Gasteiger partial charge in [0, 0.05) is 31.4 Å². The third kappa shape index (κ3) is 5.21. The summed E-state index contributed by atoms with van der Waals surface area (Å²) in [5.74, 6) is -0.134. The lowest BCUT2D eigenvalue weighted by Gasteiger charge is -2.18. The summed E-state index contributed by atoms with van der Waals surface area (Å²) in [5, 5.41) is 12.4. The molecule has 0 radical (unpaired) electrons. The predicted molar refractivity (Wildman–Crippen MR) is 83.3 cm³/mol. The summed E-state index contributed by atoms with van der Waals surface area (Å²) in [6, 6.07) is 7.55. The van der Waals surface area contributed by atoms with E-state index in [1.807, 2.05) is 38.2 Å². The number of nitrogens with zero attached hydrogens (tertiary/aromatic N) is 1. The number of carbonyl (C=O) groups is 1. The number of aliphatic hydroxyl groups excluding tert-OH is 1. The topological polar surface area (TPSA) is 52.6 Å². The standard InChI is InChI=1S/C16H26N2O2/c1-4-6-15(19)12-17-16(20)13-7-9-14(10-8-13)18(3)11-5-2/h7-10,15,19H,4-6,11-12H2,1-3H3,(H,17,20). The van der Waals surface area contributed by atoms with Gasteiger partial charge in [-0.15, -0.1) is 0 Å². The van der Waals surface area contributed by atoms with E-state index >= 15 is 0 Å². The van der Waals surface area contributed by atoms with Crippen molar-refractivity contribution in [3.8, 4) is 0 Å². The molecular formula is C16H26N2O2. The van der Waals surface area contributed by atoms with Crippen LogP contribution in [0.1, 0.15) is 43.5 Å². The minimum absolute atomic E-state index is 0.134. The normalized spacial score (nSPS) is 12.0. The smallest absolute Gasteiger partial charge is 0.251 e. The largest absolute Gasteiger partial charge is 0.391 e. The molecule has 4 heteroatoms. The van der Waals surface area contributed by atoms with Gasteiger partial charge >= 0.3 is 0 Å². The molecule has 0 fully saturated rings. The maximum atomic E-state index is 11.9. The number of anilines is 1. The molecule has 0 aromatic heterocycles. The van der Waals surface area contributed by atoms with Crippen LogP contribution < -0.4 is 10.2 Å². The quantitative estimate of drug-likeness (QED) is 0.768. The van der Waals surface area contributed by atoms with E-state index in [9.17, 15) is 9.90 Å². The van der Waals surface area contributed by atoms with Gasteiger partial charge < -0.3 is 15.3 Å². The molecule has 1 aromatic rings. The molecular weight excluding hydrogens is 252 g/mol. The third-order valence-electron chi connectivity index (χ3n) is 3.25. The van der Waals surface area contributed by atoms with Crippen molar-refractivity contribution in [1.29, 1.82) is 0 Å². The molecule has 20 heavy (non-hydrogen) atoms. The second-order valence-corrected chi connectivity index (χ2v) is 5.12. The van der Waals surface area contributed by atoms with Crippen LogP contribution >= 0.6 is 0 Å². The minimum Gasteiger partial charge on any atom is -0.391 e. The average Bonchev–Trinajstić information content (AvgIpc) is 2.45. The van der Waals surface area contributed by atoms with Gasteiger partial charge in [-0.1, -0.05) is 20.3 Å². The van der Waals surface area contributed by atoms with Crippen molar-refractivity contribution in [3.05, 3.63) is 29.8 Å². The molecule has 0 saturated heterocycles. The maximum absolute atomic E-state index is 11.9. The highest BCUT2D eigenvalue weighted by molar-refractivity contribution is 5.94. The first kappa shape index (κ1) is 16.5. The SMILES string of the molecule is CCCC(O)CNC(=O)c1ccc(N(C)CCC)cc1. The van der Waals surface area contributed by atoms with Crippen molar-refractivity contribution in [1.82, 2.24) is 5.32 Å². The lowest BCUT2D eigenvalue weighted by molar-refractivity contribution is 0.0910. The van der Waals surface area contributed by atoms with Crippen molar-refractivity contribution in [2.24, 2.45) is 0 Å². The van der Waals surface area contributed by atoms with E-state index in [-0.39, 0.29) is 5.91 Å². The van der Waals surface area contributed by atoms with Gasteiger partial charge in [-0.25, -0.2) is 0 Å². The van der Waals surface area contributed by atoms with Crippen LogP contribution in [-0.4, -0.2) is 37.3 Å². The van der Waals surface area contributed by atoms with Crippen LogP contribution in [0.4, 0.5) is 5.69 Å². The Kier molecular flexibility index (Phi) is 7.09. The Bertz CT molecular complexity index is 403. The molecule has 0 aliphatic carbocycles. The van der Waals surface area contributed by atoms with Crippen LogP contribution in [0.3, 0.4) is 0 Å². The second-order valence-electron chi connectivity index (χ2n) is 5.12. The minimum atomic E-state index is -0.459. The highest BCUT2D eigenvalue weighted by atomic mass is 16.3. The van der Waals surface area contributed by atoms with Crippen LogP contribution in [0.5, 0.6) is 0 Å². The Balaban J connectivity index is 2.53. The Morgan fingerprint density at radius 2 is 1.90 bits per heavy atom. The Labute approximate surface area is 121 Å². The highest BCUT2D eigenvalue weighted by Gasteiger charge is 2.09. The predicted octanol–water partition coefficient (Wildman–Crippen LogP) is 2.42. The lowest BCUT2D eigenvalue weighted by Crippen LogP contribution is -2.32. The van der Waals surface area contributed by atoms with Crippen molar-refractivity contribution < 1.29 is 9.90 Å². The van der Waals surface area contributed by atoms with E-state index in [0.29, 0.717) is 18.5 Å². The number of aliphatic hydroxyl groups is 1. The molecule has 1 atom stereocenters. The molecule has 1 amide bonds. The fraction of sp³-hybridized carbons (Fsp3) is 0.562. The van der Waals surface area contributed by atoms with Crippen molar-refractivity contribution in [3.63, 3.8) is 0 Å². The fourth-order valence-electron chi connectivity index (χ4n) is 2.08. The number of nitrogens with one attached hydrogen (secondary N) is 1. The first-order chi connectivity index (χ1) is 9.58. The number of benzene rings is 1. The maximum Gasteiger partial charge on any atom is 0.251 e. The highest BCUT2D eigenvalue weighted by Crippen LogP contribution is 2.14. The zero-order valence-electron chi connectivity index (χ0n) is 12.7. The molecule has 0 saturated carbocycles. The number of rotatable bonds is 8.